The number of nitrogens with zero attached hydrogens (tertiary/aromatic N) is 3. The van der Waals surface area contributed by atoms with Gasteiger partial charge in [0.05, 0.1) is 11.4 Å². The van der Waals surface area contributed by atoms with E-state index in [0.717, 1.165) is 17.5 Å². The minimum atomic E-state index is -0.614. The predicted molar refractivity (Wildman–Crippen MR) is 67.8 cm³/mol. The number of hydrogen-bond donors (Lipinski definition) is 0. The van der Waals surface area contributed by atoms with Crippen molar-refractivity contribution in [3.8, 4) is 11.3 Å². The molecule has 0 atom stereocenters. The number of aromatic nitrogens is 3. The maximum Gasteiger partial charge on any atom is 0.159 e. The molecule has 3 rings (SSSR count). The fourth-order valence-corrected chi connectivity index (χ4v) is 2.16. The smallest absolute Gasteiger partial charge is 0.159 e. The Balaban J connectivity index is 2.31. The van der Waals surface area contributed by atoms with Crippen molar-refractivity contribution < 1.29 is 8.78 Å². The molecule has 2 aromatic heterocycles. The summed E-state index contributed by atoms with van der Waals surface area (Å²) in [6, 6.07) is 3.50. The monoisotopic (exact) mass is 259 g/mol. The van der Waals surface area contributed by atoms with Crippen molar-refractivity contribution in [1.82, 2.24) is 14.4 Å². The lowest BCUT2D eigenvalue weighted by atomic mass is 10.1. The summed E-state index contributed by atoms with van der Waals surface area (Å²) in [4.78, 5) is 8.57. The topological polar surface area (TPSA) is 30.2 Å². The molecule has 3 nitrogen and oxygen atoms in total. The minimum absolute atomic E-state index is 0.294. The standard InChI is InChI=1S/C14H11F2N3/c1-8-14-18-13(9(2)19(14)6-5-17-8)11-4-3-10(15)7-12(11)16/h3-7H,1-2H3. The predicted octanol–water partition coefficient (Wildman–Crippen LogP) is 3.29. The fraction of sp³-hybridized carbons (Fsp3) is 0.143. The van der Waals surface area contributed by atoms with Crippen molar-refractivity contribution in [2.45, 2.75) is 13.8 Å². The van der Waals surface area contributed by atoms with Gasteiger partial charge in [0.2, 0.25) is 0 Å². The number of aryl methyl sites for hydroxylation is 2. The van der Waals surface area contributed by atoms with Crippen molar-refractivity contribution in [2.75, 3.05) is 0 Å². The minimum Gasteiger partial charge on any atom is -0.301 e. The summed E-state index contributed by atoms with van der Waals surface area (Å²) >= 11 is 0. The third-order valence-electron chi connectivity index (χ3n) is 3.14. The van der Waals surface area contributed by atoms with E-state index in [4.69, 9.17) is 0 Å². The highest BCUT2D eigenvalue weighted by atomic mass is 19.1. The molecule has 0 N–H and O–H groups in total. The maximum absolute atomic E-state index is 13.8. The number of rotatable bonds is 1. The van der Waals surface area contributed by atoms with Crippen molar-refractivity contribution in [1.29, 1.82) is 0 Å². The van der Waals surface area contributed by atoms with Crippen LogP contribution < -0.4 is 0 Å². The second-order valence-corrected chi connectivity index (χ2v) is 4.38. The van der Waals surface area contributed by atoms with Crippen LogP contribution in [-0.4, -0.2) is 14.4 Å². The van der Waals surface area contributed by atoms with Crippen LogP contribution in [0.15, 0.2) is 30.6 Å². The molecule has 5 heteroatoms. The summed E-state index contributed by atoms with van der Waals surface area (Å²) in [5, 5.41) is 0. The quantitative estimate of drug-likeness (QED) is 0.671. The Morgan fingerprint density at radius 2 is 1.95 bits per heavy atom. The fourth-order valence-electron chi connectivity index (χ4n) is 2.16. The molecule has 0 fully saturated rings. The molecule has 0 spiro atoms. The Kier molecular flexibility index (Phi) is 2.55. The summed E-state index contributed by atoms with van der Waals surface area (Å²) in [5.74, 6) is -1.21. The second kappa shape index (κ2) is 4.12. The zero-order valence-corrected chi connectivity index (χ0v) is 10.5. The number of hydrogen-bond acceptors (Lipinski definition) is 2. The number of halogens is 2. The molecule has 0 bridgehead atoms. The van der Waals surface area contributed by atoms with E-state index in [1.54, 1.807) is 12.4 Å². The molecule has 0 aliphatic heterocycles. The van der Waals surface area contributed by atoms with E-state index in [9.17, 15) is 8.78 Å². The van der Waals surface area contributed by atoms with Gasteiger partial charge in [-0.2, -0.15) is 0 Å². The third-order valence-corrected chi connectivity index (χ3v) is 3.14. The first kappa shape index (κ1) is 11.8. The highest BCUT2D eigenvalue weighted by Gasteiger charge is 2.15. The molecular weight excluding hydrogens is 248 g/mol. The third kappa shape index (κ3) is 1.78. The Morgan fingerprint density at radius 3 is 2.63 bits per heavy atom. The molecule has 0 aliphatic rings. The molecule has 0 unspecified atom stereocenters. The largest absolute Gasteiger partial charge is 0.301 e. The van der Waals surface area contributed by atoms with Crippen molar-refractivity contribution in [3.05, 3.63) is 53.6 Å². The molecule has 1 aromatic carbocycles. The average Bonchev–Trinajstić information content (AvgIpc) is 2.69. The molecule has 0 aliphatic carbocycles. The summed E-state index contributed by atoms with van der Waals surface area (Å²) in [7, 11) is 0. The first-order valence-corrected chi connectivity index (χ1v) is 5.83. The molecule has 0 saturated carbocycles. The van der Waals surface area contributed by atoms with Crippen LogP contribution in [0.1, 0.15) is 11.4 Å². The van der Waals surface area contributed by atoms with Crippen molar-refractivity contribution in [3.63, 3.8) is 0 Å². The zero-order chi connectivity index (χ0) is 13.6. The SMILES string of the molecule is Cc1nccn2c(C)c(-c3ccc(F)cc3F)nc12. The Hall–Kier alpha value is -2.30. The molecule has 19 heavy (non-hydrogen) atoms. The van der Waals surface area contributed by atoms with Crippen LogP contribution in [0.2, 0.25) is 0 Å². The van der Waals surface area contributed by atoms with Crippen LogP contribution in [0, 0.1) is 25.5 Å². The van der Waals surface area contributed by atoms with Crippen LogP contribution in [0.3, 0.4) is 0 Å². The van der Waals surface area contributed by atoms with E-state index in [1.165, 1.54) is 12.1 Å². The van der Waals surface area contributed by atoms with Gasteiger partial charge in [-0.05, 0) is 26.0 Å². The highest BCUT2D eigenvalue weighted by Crippen LogP contribution is 2.27. The number of fused-ring (bicyclic) bond motifs is 1. The van der Waals surface area contributed by atoms with Gasteiger partial charge in [0, 0.05) is 29.7 Å². The van der Waals surface area contributed by atoms with E-state index in [1.807, 2.05) is 18.2 Å². The van der Waals surface area contributed by atoms with Crippen LogP contribution >= 0.6 is 0 Å². The molecule has 0 saturated heterocycles. The highest BCUT2D eigenvalue weighted by molar-refractivity contribution is 5.67. The lowest BCUT2D eigenvalue weighted by Crippen LogP contribution is -1.92. The zero-order valence-electron chi connectivity index (χ0n) is 10.5. The Labute approximate surface area is 108 Å². The van der Waals surface area contributed by atoms with E-state index in [-0.39, 0.29) is 0 Å². The molecule has 0 radical (unpaired) electrons. The molecular formula is C14H11F2N3. The van der Waals surface area contributed by atoms with E-state index >= 15 is 0 Å². The lowest BCUT2D eigenvalue weighted by Gasteiger charge is -2.01. The second-order valence-electron chi connectivity index (χ2n) is 4.38. The maximum atomic E-state index is 13.8. The van der Waals surface area contributed by atoms with Gasteiger partial charge < -0.3 is 4.40 Å². The Bertz CT molecular complexity index is 778. The average molecular weight is 259 g/mol. The molecule has 3 aromatic rings. The van der Waals surface area contributed by atoms with E-state index in [2.05, 4.69) is 9.97 Å². The van der Waals surface area contributed by atoms with E-state index in [0.29, 0.717) is 16.9 Å². The molecule has 2 heterocycles. The van der Waals surface area contributed by atoms with Crippen LogP contribution in [0.25, 0.3) is 16.9 Å². The summed E-state index contributed by atoms with van der Waals surface area (Å²) < 4.78 is 28.6. The van der Waals surface area contributed by atoms with Crippen LogP contribution in [0.4, 0.5) is 8.78 Å². The first-order valence-electron chi connectivity index (χ1n) is 5.83. The van der Waals surface area contributed by atoms with Crippen molar-refractivity contribution in [2.24, 2.45) is 0 Å². The molecule has 96 valence electrons. The van der Waals surface area contributed by atoms with E-state index < -0.39 is 11.6 Å². The summed E-state index contributed by atoms with van der Waals surface area (Å²) in [6.07, 6.45) is 3.44. The Morgan fingerprint density at radius 1 is 1.16 bits per heavy atom. The van der Waals surface area contributed by atoms with Gasteiger partial charge >= 0.3 is 0 Å². The van der Waals surface area contributed by atoms with Gasteiger partial charge in [-0.1, -0.05) is 0 Å². The summed E-state index contributed by atoms with van der Waals surface area (Å²) in [6.45, 7) is 3.68. The van der Waals surface area contributed by atoms with Crippen molar-refractivity contribution >= 4 is 5.65 Å². The van der Waals surface area contributed by atoms with Gasteiger partial charge in [0.25, 0.3) is 0 Å². The van der Waals surface area contributed by atoms with Crippen LogP contribution in [0.5, 0.6) is 0 Å². The van der Waals surface area contributed by atoms with Gasteiger partial charge in [-0.25, -0.2) is 13.8 Å². The normalized spacial score (nSPS) is 11.2. The van der Waals surface area contributed by atoms with Gasteiger partial charge in [-0.3, -0.25) is 4.98 Å². The van der Waals surface area contributed by atoms with Gasteiger partial charge in [-0.15, -0.1) is 0 Å². The number of benzene rings is 1. The molecule has 0 amide bonds. The number of imidazole rings is 1. The van der Waals surface area contributed by atoms with Gasteiger partial charge in [0.1, 0.15) is 11.6 Å². The first-order chi connectivity index (χ1) is 9.08. The van der Waals surface area contributed by atoms with Crippen LogP contribution in [-0.2, 0) is 0 Å². The lowest BCUT2D eigenvalue weighted by molar-refractivity contribution is 0.585. The summed E-state index contributed by atoms with van der Waals surface area (Å²) in [5.41, 5.74) is 3.04. The van der Waals surface area contributed by atoms with Gasteiger partial charge in [0.15, 0.2) is 5.65 Å².